The minimum Gasteiger partial charge on any atom is -0.377 e. The average molecular weight is 399 g/mol. The summed E-state index contributed by atoms with van der Waals surface area (Å²) < 4.78 is 18.0. The average Bonchev–Trinajstić information content (AvgIpc) is 3.20. The highest BCUT2D eigenvalue weighted by molar-refractivity contribution is 7.15. The van der Waals surface area contributed by atoms with Crippen LogP contribution in [0.15, 0.2) is 18.2 Å². The lowest BCUT2D eigenvalue weighted by Gasteiger charge is -2.13. The lowest BCUT2D eigenvalue weighted by molar-refractivity contribution is -0.126. The number of carbonyl (C=O) groups is 2. The number of nitrogens with zero attached hydrogens (tertiary/aromatic N) is 3. The van der Waals surface area contributed by atoms with Crippen LogP contribution in [-0.2, 0) is 27.5 Å². The summed E-state index contributed by atoms with van der Waals surface area (Å²) in [6.45, 7) is 0.727. The second-order valence-corrected chi connectivity index (χ2v) is 7.22. The van der Waals surface area contributed by atoms with Crippen LogP contribution >= 0.6 is 22.9 Å². The maximum Gasteiger partial charge on any atom is 0.229 e. The number of hydrogen-bond donors (Lipinski definition) is 1. The lowest BCUT2D eigenvalue weighted by atomic mass is 10.1. The van der Waals surface area contributed by atoms with Gasteiger partial charge in [-0.3, -0.25) is 14.5 Å². The third-order valence-electron chi connectivity index (χ3n) is 3.92. The van der Waals surface area contributed by atoms with Crippen molar-refractivity contribution in [3.05, 3.63) is 39.6 Å². The van der Waals surface area contributed by atoms with Gasteiger partial charge in [-0.2, -0.15) is 0 Å². The van der Waals surface area contributed by atoms with Crippen LogP contribution in [-0.4, -0.2) is 35.7 Å². The van der Waals surface area contributed by atoms with Crippen molar-refractivity contribution in [3.63, 3.8) is 0 Å². The van der Waals surface area contributed by atoms with Gasteiger partial charge in [-0.25, -0.2) is 4.39 Å². The van der Waals surface area contributed by atoms with Crippen LogP contribution in [0.4, 0.5) is 9.52 Å². The zero-order valence-electron chi connectivity index (χ0n) is 13.9. The van der Waals surface area contributed by atoms with Gasteiger partial charge >= 0.3 is 0 Å². The highest BCUT2D eigenvalue weighted by Gasteiger charge is 2.36. The van der Waals surface area contributed by atoms with Crippen LogP contribution in [0.5, 0.6) is 0 Å². The smallest absolute Gasteiger partial charge is 0.229 e. The Morgan fingerprint density at radius 2 is 2.31 bits per heavy atom. The number of methoxy groups -OCH3 is 1. The van der Waals surface area contributed by atoms with Crippen LogP contribution in [0.2, 0.25) is 5.02 Å². The fourth-order valence-electron chi connectivity index (χ4n) is 2.60. The maximum absolute atomic E-state index is 13.1. The van der Waals surface area contributed by atoms with Crippen LogP contribution in [0, 0.1) is 11.7 Å². The second kappa shape index (κ2) is 8.07. The van der Waals surface area contributed by atoms with E-state index in [1.165, 1.54) is 34.4 Å². The molecular formula is C16H16ClFN4O3S. The van der Waals surface area contributed by atoms with Crippen molar-refractivity contribution in [2.45, 2.75) is 19.6 Å². The number of nitrogens with one attached hydrogen (secondary N) is 1. The molecule has 1 aliphatic rings. The number of hydrogen-bond acceptors (Lipinski definition) is 6. The van der Waals surface area contributed by atoms with Crippen molar-refractivity contribution >= 4 is 39.9 Å². The van der Waals surface area contributed by atoms with Crippen LogP contribution < -0.4 is 10.2 Å². The van der Waals surface area contributed by atoms with Crippen molar-refractivity contribution in [2.24, 2.45) is 5.92 Å². The molecule has 0 spiro atoms. The van der Waals surface area contributed by atoms with Crippen molar-refractivity contribution in [3.8, 4) is 0 Å². The van der Waals surface area contributed by atoms with E-state index in [-0.39, 0.29) is 36.3 Å². The van der Waals surface area contributed by atoms with E-state index >= 15 is 0 Å². The number of carbonyl (C=O) groups excluding carboxylic acids is 2. The first kappa shape index (κ1) is 18.7. The molecule has 0 aliphatic carbocycles. The summed E-state index contributed by atoms with van der Waals surface area (Å²) in [4.78, 5) is 26.0. The molecule has 2 aromatic rings. The summed E-state index contributed by atoms with van der Waals surface area (Å²) in [5.74, 6) is -1.36. The SMILES string of the molecule is COCc1nnc(N2CC(C(=O)NCc3ccc(F)cc3Cl)CC2=O)s1. The summed E-state index contributed by atoms with van der Waals surface area (Å²) in [5.41, 5.74) is 0.607. The number of halogens is 2. The quantitative estimate of drug-likeness (QED) is 0.805. The van der Waals surface area contributed by atoms with E-state index in [0.717, 1.165) is 0 Å². The number of rotatable bonds is 6. The summed E-state index contributed by atoms with van der Waals surface area (Å²) >= 11 is 7.21. The third-order valence-corrected chi connectivity index (χ3v) is 5.19. The largest absolute Gasteiger partial charge is 0.377 e. The van der Waals surface area contributed by atoms with E-state index in [1.54, 1.807) is 7.11 Å². The van der Waals surface area contributed by atoms with Crippen molar-refractivity contribution < 1.29 is 18.7 Å². The molecule has 1 atom stereocenters. The summed E-state index contributed by atoms with van der Waals surface area (Å²) in [7, 11) is 1.55. The zero-order valence-corrected chi connectivity index (χ0v) is 15.4. The van der Waals surface area contributed by atoms with Gasteiger partial charge in [-0.1, -0.05) is 29.0 Å². The van der Waals surface area contributed by atoms with Crippen molar-refractivity contribution in [1.82, 2.24) is 15.5 Å². The molecule has 0 saturated carbocycles. The van der Waals surface area contributed by atoms with Crippen LogP contribution in [0.3, 0.4) is 0 Å². The molecule has 1 fully saturated rings. The highest BCUT2D eigenvalue weighted by atomic mass is 35.5. The predicted molar refractivity (Wildman–Crippen MR) is 94.3 cm³/mol. The van der Waals surface area contributed by atoms with Gasteiger partial charge in [0.25, 0.3) is 0 Å². The number of aromatic nitrogens is 2. The fourth-order valence-corrected chi connectivity index (χ4v) is 3.67. The van der Waals surface area contributed by atoms with Gasteiger partial charge in [0.05, 0.1) is 5.92 Å². The molecule has 138 valence electrons. The van der Waals surface area contributed by atoms with Gasteiger partial charge in [0.2, 0.25) is 16.9 Å². The first-order chi connectivity index (χ1) is 12.5. The summed E-state index contributed by atoms with van der Waals surface area (Å²) in [6.07, 6.45) is 0.0994. The molecule has 1 aliphatic heterocycles. The minimum atomic E-state index is -0.489. The zero-order chi connectivity index (χ0) is 18.7. The van der Waals surface area contributed by atoms with Gasteiger partial charge < -0.3 is 10.1 Å². The Morgan fingerprint density at radius 3 is 3.04 bits per heavy atom. The Morgan fingerprint density at radius 1 is 1.50 bits per heavy atom. The third kappa shape index (κ3) is 4.17. The second-order valence-electron chi connectivity index (χ2n) is 5.77. The Balaban J connectivity index is 1.59. The number of benzene rings is 1. The van der Waals surface area contributed by atoms with Gasteiger partial charge in [-0.05, 0) is 17.7 Å². The minimum absolute atomic E-state index is 0.0994. The van der Waals surface area contributed by atoms with Gasteiger partial charge in [0.15, 0.2) is 0 Å². The van der Waals surface area contributed by atoms with E-state index in [4.69, 9.17) is 16.3 Å². The highest BCUT2D eigenvalue weighted by Crippen LogP contribution is 2.28. The van der Waals surface area contributed by atoms with Crippen molar-refractivity contribution in [2.75, 3.05) is 18.6 Å². The molecule has 0 radical (unpaired) electrons. The van der Waals surface area contributed by atoms with E-state index in [2.05, 4.69) is 15.5 Å². The Hall–Kier alpha value is -2.10. The molecule has 1 N–H and O–H groups in total. The molecule has 26 heavy (non-hydrogen) atoms. The van der Waals surface area contributed by atoms with Crippen LogP contribution in [0.25, 0.3) is 0 Å². The topological polar surface area (TPSA) is 84.4 Å². The molecule has 10 heteroatoms. The molecule has 1 saturated heterocycles. The van der Waals surface area contributed by atoms with E-state index in [1.807, 2.05) is 0 Å². The molecule has 7 nitrogen and oxygen atoms in total. The summed E-state index contributed by atoms with van der Waals surface area (Å²) in [6, 6.07) is 3.99. The monoisotopic (exact) mass is 398 g/mol. The van der Waals surface area contributed by atoms with E-state index in [9.17, 15) is 14.0 Å². The number of ether oxygens (including phenoxy) is 1. The molecule has 3 rings (SSSR count). The Labute approximate surface area is 158 Å². The van der Waals surface area contributed by atoms with E-state index < -0.39 is 11.7 Å². The summed E-state index contributed by atoms with van der Waals surface area (Å²) in [5, 5.41) is 12.0. The first-order valence-electron chi connectivity index (χ1n) is 7.81. The first-order valence-corrected chi connectivity index (χ1v) is 9.00. The number of anilines is 1. The van der Waals surface area contributed by atoms with Gasteiger partial charge in [0, 0.05) is 31.6 Å². The standard InChI is InChI=1S/C16H16ClFN4O3S/c1-25-8-13-20-21-16(26-13)22-7-10(4-14(22)23)15(24)19-6-9-2-3-11(18)5-12(9)17/h2-3,5,10H,4,6-8H2,1H3,(H,19,24). The molecule has 2 heterocycles. The Kier molecular flexibility index (Phi) is 5.80. The Bertz CT molecular complexity index is 832. The lowest BCUT2D eigenvalue weighted by Crippen LogP contribution is -2.32. The molecule has 2 amide bonds. The molecule has 1 unspecified atom stereocenters. The fraction of sp³-hybridized carbons (Fsp3) is 0.375. The molecule has 1 aromatic heterocycles. The molecular weight excluding hydrogens is 383 g/mol. The molecule has 0 bridgehead atoms. The molecule has 1 aromatic carbocycles. The van der Waals surface area contributed by atoms with Crippen molar-refractivity contribution in [1.29, 1.82) is 0 Å². The van der Waals surface area contributed by atoms with Crippen LogP contribution in [0.1, 0.15) is 17.0 Å². The van der Waals surface area contributed by atoms with E-state index in [0.29, 0.717) is 22.3 Å². The number of amides is 2. The normalized spacial score (nSPS) is 17.0. The van der Waals surface area contributed by atoms with Gasteiger partial charge in [0.1, 0.15) is 17.4 Å². The van der Waals surface area contributed by atoms with Gasteiger partial charge in [-0.15, -0.1) is 10.2 Å². The maximum atomic E-state index is 13.1. The predicted octanol–water partition coefficient (Wildman–Crippen LogP) is 2.15.